The quantitative estimate of drug-likeness (QED) is 0.397. The number of nitrogens with zero attached hydrogens (tertiary/aromatic N) is 4. The van der Waals surface area contributed by atoms with Crippen molar-refractivity contribution >= 4 is 41.5 Å². The van der Waals surface area contributed by atoms with Gasteiger partial charge in [0.15, 0.2) is 5.96 Å². The van der Waals surface area contributed by atoms with Crippen molar-refractivity contribution in [2.45, 2.75) is 20.0 Å². The Morgan fingerprint density at radius 1 is 1.15 bits per heavy atom. The zero-order valence-electron chi connectivity index (χ0n) is 15.9. The predicted octanol–water partition coefficient (Wildman–Crippen LogP) is 3.55. The molecule has 146 valence electrons. The molecule has 1 aliphatic heterocycles. The van der Waals surface area contributed by atoms with Crippen molar-refractivity contribution in [2.75, 3.05) is 33.2 Å². The van der Waals surface area contributed by atoms with Gasteiger partial charge in [-0.1, -0.05) is 29.8 Å². The second-order valence-electron chi connectivity index (χ2n) is 6.56. The molecule has 0 aliphatic carbocycles. The highest BCUT2D eigenvalue weighted by Crippen LogP contribution is 2.13. The van der Waals surface area contributed by atoms with Crippen molar-refractivity contribution in [3.8, 4) is 0 Å². The summed E-state index contributed by atoms with van der Waals surface area (Å²) in [6.07, 6.45) is 1.84. The molecular formula is C20H27ClIN5. The lowest BCUT2D eigenvalue weighted by molar-refractivity contribution is 0.172. The fourth-order valence-corrected chi connectivity index (χ4v) is 3.29. The molecule has 27 heavy (non-hydrogen) atoms. The van der Waals surface area contributed by atoms with Crippen LogP contribution in [0.25, 0.3) is 0 Å². The van der Waals surface area contributed by atoms with Gasteiger partial charge in [-0.2, -0.15) is 0 Å². The van der Waals surface area contributed by atoms with Gasteiger partial charge in [0, 0.05) is 51.0 Å². The van der Waals surface area contributed by atoms with Crippen molar-refractivity contribution in [3.05, 3.63) is 64.4 Å². The summed E-state index contributed by atoms with van der Waals surface area (Å²) in [5, 5.41) is 4.24. The summed E-state index contributed by atoms with van der Waals surface area (Å²) in [7, 11) is 1.84. The van der Waals surface area contributed by atoms with E-state index in [4.69, 9.17) is 11.6 Å². The summed E-state index contributed by atoms with van der Waals surface area (Å²) < 4.78 is 0. The van der Waals surface area contributed by atoms with Gasteiger partial charge < -0.3 is 10.2 Å². The Hall–Kier alpha value is -1.38. The molecule has 2 aromatic rings. The Balaban J connectivity index is 0.00000261. The highest BCUT2D eigenvalue weighted by Gasteiger charge is 2.19. The lowest BCUT2D eigenvalue weighted by Gasteiger charge is -2.36. The first-order valence-electron chi connectivity index (χ1n) is 8.98. The number of hydrogen-bond donors (Lipinski definition) is 1. The summed E-state index contributed by atoms with van der Waals surface area (Å²) in [5.74, 6) is 0.946. The Morgan fingerprint density at radius 3 is 2.48 bits per heavy atom. The second kappa shape index (κ2) is 10.8. The SMILES string of the molecule is CN=C(NCc1ncccc1C)N1CCN(Cc2ccc(Cl)cc2)CC1.I. The Bertz CT molecular complexity index is 742. The number of rotatable bonds is 4. The van der Waals surface area contributed by atoms with E-state index in [2.05, 4.69) is 50.2 Å². The standard InChI is InChI=1S/C20H26ClN5.HI/c1-16-4-3-9-23-19(16)14-24-20(22-2)26-12-10-25(11-13-26)15-17-5-7-18(21)8-6-17;/h3-9H,10-15H2,1-2H3,(H,22,24);1H. The molecule has 7 heteroatoms. The van der Waals surface area contributed by atoms with Gasteiger partial charge in [-0.3, -0.25) is 14.9 Å². The number of aromatic nitrogens is 1. The Labute approximate surface area is 183 Å². The van der Waals surface area contributed by atoms with Crippen LogP contribution in [0.5, 0.6) is 0 Å². The summed E-state index contributed by atoms with van der Waals surface area (Å²) in [6.45, 7) is 7.72. The monoisotopic (exact) mass is 499 g/mol. The summed E-state index contributed by atoms with van der Waals surface area (Å²) in [5.41, 5.74) is 3.56. The second-order valence-corrected chi connectivity index (χ2v) is 6.99. The van der Waals surface area contributed by atoms with Crippen LogP contribution in [0.2, 0.25) is 5.02 Å². The zero-order chi connectivity index (χ0) is 18.4. The van der Waals surface area contributed by atoms with E-state index in [1.54, 1.807) is 0 Å². The van der Waals surface area contributed by atoms with Gasteiger partial charge in [-0.15, -0.1) is 24.0 Å². The van der Waals surface area contributed by atoms with Crippen molar-refractivity contribution in [1.82, 2.24) is 20.1 Å². The molecule has 1 aromatic heterocycles. The van der Waals surface area contributed by atoms with E-state index in [0.717, 1.165) is 49.4 Å². The van der Waals surface area contributed by atoms with Crippen LogP contribution in [0.3, 0.4) is 0 Å². The van der Waals surface area contributed by atoms with Crippen molar-refractivity contribution < 1.29 is 0 Å². The van der Waals surface area contributed by atoms with E-state index >= 15 is 0 Å². The summed E-state index contributed by atoms with van der Waals surface area (Å²) >= 11 is 5.96. The molecule has 1 fully saturated rings. The van der Waals surface area contributed by atoms with Crippen LogP contribution in [0, 0.1) is 6.92 Å². The number of pyridine rings is 1. The van der Waals surface area contributed by atoms with Gasteiger partial charge in [0.25, 0.3) is 0 Å². The molecule has 1 aromatic carbocycles. The summed E-state index contributed by atoms with van der Waals surface area (Å²) in [6, 6.07) is 12.2. The van der Waals surface area contributed by atoms with E-state index in [9.17, 15) is 0 Å². The number of aliphatic imine (C=N–C) groups is 1. The molecule has 0 amide bonds. The number of benzene rings is 1. The highest BCUT2D eigenvalue weighted by molar-refractivity contribution is 14.0. The zero-order valence-corrected chi connectivity index (χ0v) is 18.9. The van der Waals surface area contributed by atoms with Gasteiger partial charge in [-0.05, 0) is 36.2 Å². The fraction of sp³-hybridized carbons (Fsp3) is 0.400. The van der Waals surface area contributed by atoms with Gasteiger partial charge in [0.2, 0.25) is 0 Å². The average Bonchev–Trinajstić information content (AvgIpc) is 2.67. The molecule has 1 saturated heterocycles. The van der Waals surface area contributed by atoms with E-state index in [0.29, 0.717) is 6.54 Å². The molecule has 5 nitrogen and oxygen atoms in total. The molecule has 3 rings (SSSR count). The molecular weight excluding hydrogens is 473 g/mol. The first-order chi connectivity index (χ1) is 12.7. The van der Waals surface area contributed by atoms with Crippen LogP contribution in [0.1, 0.15) is 16.8 Å². The largest absolute Gasteiger partial charge is 0.351 e. The molecule has 0 atom stereocenters. The molecule has 0 spiro atoms. The van der Waals surface area contributed by atoms with Gasteiger partial charge in [0.05, 0.1) is 12.2 Å². The number of aryl methyl sites for hydroxylation is 1. The Morgan fingerprint density at radius 2 is 1.85 bits per heavy atom. The van der Waals surface area contributed by atoms with Gasteiger partial charge in [-0.25, -0.2) is 0 Å². The van der Waals surface area contributed by atoms with Crippen LogP contribution in [-0.2, 0) is 13.1 Å². The lowest BCUT2D eigenvalue weighted by Crippen LogP contribution is -2.52. The minimum atomic E-state index is 0. The molecule has 0 bridgehead atoms. The Kier molecular flexibility index (Phi) is 8.79. The minimum absolute atomic E-state index is 0. The maximum absolute atomic E-state index is 5.96. The van der Waals surface area contributed by atoms with Crippen LogP contribution in [0.15, 0.2) is 47.6 Å². The molecule has 2 heterocycles. The average molecular weight is 500 g/mol. The van der Waals surface area contributed by atoms with E-state index in [-0.39, 0.29) is 24.0 Å². The molecule has 1 N–H and O–H groups in total. The topological polar surface area (TPSA) is 43.8 Å². The number of nitrogens with one attached hydrogen (secondary N) is 1. The van der Waals surface area contributed by atoms with Gasteiger partial charge >= 0.3 is 0 Å². The number of piperazine rings is 1. The third kappa shape index (κ3) is 6.33. The molecule has 0 radical (unpaired) electrons. The number of hydrogen-bond acceptors (Lipinski definition) is 3. The number of guanidine groups is 1. The first-order valence-corrected chi connectivity index (χ1v) is 9.36. The van der Waals surface area contributed by atoms with Crippen molar-refractivity contribution in [3.63, 3.8) is 0 Å². The van der Waals surface area contributed by atoms with Gasteiger partial charge in [0.1, 0.15) is 0 Å². The summed E-state index contributed by atoms with van der Waals surface area (Å²) in [4.78, 5) is 13.7. The number of halogens is 2. The maximum Gasteiger partial charge on any atom is 0.194 e. The minimum Gasteiger partial charge on any atom is -0.351 e. The first kappa shape index (κ1) is 21.9. The van der Waals surface area contributed by atoms with E-state index in [1.807, 2.05) is 31.4 Å². The van der Waals surface area contributed by atoms with Crippen LogP contribution in [0.4, 0.5) is 0 Å². The maximum atomic E-state index is 5.96. The molecule has 1 aliphatic rings. The third-order valence-electron chi connectivity index (χ3n) is 4.73. The fourth-order valence-electron chi connectivity index (χ4n) is 3.16. The van der Waals surface area contributed by atoms with E-state index < -0.39 is 0 Å². The normalized spacial score (nSPS) is 15.4. The van der Waals surface area contributed by atoms with Crippen molar-refractivity contribution in [1.29, 1.82) is 0 Å². The predicted molar refractivity (Wildman–Crippen MR) is 123 cm³/mol. The van der Waals surface area contributed by atoms with Crippen LogP contribution < -0.4 is 5.32 Å². The van der Waals surface area contributed by atoms with Crippen molar-refractivity contribution in [2.24, 2.45) is 4.99 Å². The lowest BCUT2D eigenvalue weighted by atomic mass is 10.2. The van der Waals surface area contributed by atoms with Crippen LogP contribution >= 0.6 is 35.6 Å². The third-order valence-corrected chi connectivity index (χ3v) is 4.99. The smallest absolute Gasteiger partial charge is 0.194 e. The van der Waals surface area contributed by atoms with E-state index in [1.165, 1.54) is 11.1 Å². The molecule has 0 unspecified atom stereocenters. The van der Waals surface area contributed by atoms with Crippen LogP contribution in [-0.4, -0.2) is 54.0 Å². The molecule has 0 saturated carbocycles. The highest BCUT2D eigenvalue weighted by atomic mass is 127.